The topological polar surface area (TPSA) is 85.4 Å². The van der Waals surface area contributed by atoms with E-state index < -0.39 is 5.97 Å². The second-order valence-corrected chi connectivity index (χ2v) is 5.87. The number of aldehydes is 1. The number of rotatable bonds is 8. The molecule has 0 radical (unpaired) electrons. The molecule has 1 aromatic heterocycles. The molecular weight excluding hydrogens is 332 g/mol. The second-order valence-electron chi connectivity index (χ2n) is 5.87. The number of methoxy groups -OCH3 is 1. The van der Waals surface area contributed by atoms with Crippen LogP contribution in [0.3, 0.4) is 0 Å². The number of nitrogens with zero attached hydrogens (tertiary/aromatic N) is 1. The summed E-state index contributed by atoms with van der Waals surface area (Å²) in [6, 6.07) is 7.98. The number of aromatic nitrogens is 1. The van der Waals surface area contributed by atoms with Gasteiger partial charge >= 0.3 is 5.97 Å². The number of pyridine rings is 1. The van der Waals surface area contributed by atoms with Crippen molar-refractivity contribution in [2.45, 2.75) is 32.6 Å². The van der Waals surface area contributed by atoms with Crippen LogP contribution in [0.2, 0.25) is 0 Å². The van der Waals surface area contributed by atoms with Crippen LogP contribution in [-0.4, -0.2) is 30.3 Å². The van der Waals surface area contributed by atoms with E-state index in [1.165, 1.54) is 31.7 Å². The van der Waals surface area contributed by atoms with Gasteiger partial charge in [-0.2, -0.15) is 0 Å². The van der Waals surface area contributed by atoms with Gasteiger partial charge in [0.05, 0.1) is 12.7 Å². The number of aryl methyl sites for hydroxylation is 1. The van der Waals surface area contributed by atoms with Gasteiger partial charge in [-0.15, -0.1) is 0 Å². The smallest absolute Gasteiger partial charge is 0.338 e. The largest absolute Gasteiger partial charge is 0.465 e. The van der Waals surface area contributed by atoms with Gasteiger partial charge in [0.1, 0.15) is 5.69 Å². The Morgan fingerprint density at radius 1 is 1.19 bits per heavy atom. The number of carbonyl (C=O) groups is 3. The van der Waals surface area contributed by atoms with E-state index >= 15 is 0 Å². The van der Waals surface area contributed by atoms with E-state index in [-0.39, 0.29) is 22.7 Å². The fourth-order valence-electron chi connectivity index (χ4n) is 2.51. The standard InChI is InChI=1S/C20H22N2O4/c1-3-4-5-6-14-7-10-18(21-12-14)19(24)22-16-8-9-17(20(25)26-2)15(11-16)13-23/h7-13H,3-6H2,1-2H3,(H,22,24). The van der Waals surface area contributed by atoms with Crippen LogP contribution in [0.5, 0.6) is 0 Å². The molecule has 2 aromatic rings. The van der Waals surface area contributed by atoms with Crippen LogP contribution in [0.4, 0.5) is 5.69 Å². The van der Waals surface area contributed by atoms with Crippen LogP contribution < -0.4 is 5.32 Å². The van der Waals surface area contributed by atoms with Crippen LogP contribution in [0.1, 0.15) is 63.0 Å². The van der Waals surface area contributed by atoms with Gasteiger partial charge < -0.3 is 10.1 Å². The lowest BCUT2D eigenvalue weighted by Crippen LogP contribution is -2.14. The van der Waals surface area contributed by atoms with Gasteiger partial charge in [0.15, 0.2) is 6.29 Å². The number of nitrogens with one attached hydrogen (secondary N) is 1. The Labute approximate surface area is 152 Å². The molecule has 0 fully saturated rings. The zero-order chi connectivity index (χ0) is 18.9. The highest BCUT2D eigenvalue weighted by Gasteiger charge is 2.14. The SMILES string of the molecule is CCCCCc1ccc(C(=O)Nc2ccc(C(=O)OC)c(C=O)c2)nc1. The molecule has 0 aliphatic carbocycles. The van der Waals surface area contributed by atoms with Gasteiger partial charge in [-0.25, -0.2) is 4.79 Å². The Bertz CT molecular complexity index is 785. The zero-order valence-corrected chi connectivity index (χ0v) is 15.0. The monoisotopic (exact) mass is 354 g/mol. The third-order valence-corrected chi connectivity index (χ3v) is 3.97. The van der Waals surface area contributed by atoms with E-state index in [2.05, 4.69) is 22.0 Å². The van der Waals surface area contributed by atoms with Crippen LogP contribution in [0, 0.1) is 0 Å². The molecule has 26 heavy (non-hydrogen) atoms. The number of hydrogen-bond donors (Lipinski definition) is 1. The highest BCUT2D eigenvalue weighted by molar-refractivity contribution is 6.04. The lowest BCUT2D eigenvalue weighted by molar-refractivity contribution is 0.0598. The molecule has 1 heterocycles. The zero-order valence-electron chi connectivity index (χ0n) is 15.0. The van der Waals surface area contributed by atoms with Crippen molar-refractivity contribution >= 4 is 23.9 Å². The first-order chi connectivity index (χ1) is 12.6. The molecular formula is C20H22N2O4. The average molecular weight is 354 g/mol. The van der Waals surface area contributed by atoms with Crippen LogP contribution in [0.15, 0.2) is 36.5 Å². The van der Waals surface area contributed by atoms with Crippen molar-refractivity contribution < 1.29 is 19.1 Å². The van der Waals surface area contributed by atoms with Gasteiger partial charge in [0.2, 0.25) is 0 Å². The van der Waals surface area contributed by atoms with Crippen molar-refractivity contribution in [2.75, 3.05) is 12.4 Å². The van der Waals surface area contributed by atoms with Crippen LogP contribution >= 0.6 is 0 Å². The van der Waals surface area contributed by atoms with Crippen LogP contribution in [0.25, 0.3) is 0 Å². The molecule has 0 unspecified atom stereocenters. The van der Waals surface area contributed by atoms with Gasteiger partial charge in [0.25, 0.3) is 5.91 Å². The first-order valence-electron chi connectivity index (χ1n) is 8.52. The minimum Gasteiger partial charge on any atom is -0.465 e. The van der Waals surface area contributed by atoms with Crippen molar-refractivity contribution in [3.8, 4) is 0 Å². The summed E-state index contributed by atoms with van der Waals surface area (Å²) in [4.78, 5) is 39.3. The summed E-state index contributed by atoms with van der Waals surface area (Å²) in [5.41, 5.74) is 2.08. The Morgan fingerprint density at radius 3 is 2.62 bits per heavy atom. The van der Waals surface area contributed by atoms with Crippen molar-refractivity contribution in [1.82, 2.24) is 4.98 Å². The molecule has 1 amide bonds. The predicted octanol–water partition coefficient (Wildman–Crippen LogP) is 3.67. The van der Waals surface area contributed by atoms with Crippen molar-refractivity contribution in [3.63, 3.8) is 0 Å². The Kier molecular flexibility index (Phi) is 7.02. The molecule has 0 saturated carbocycles. The Balaban J connectivity index is 2.07. The molecule has 0 atom stereocenters. The maximum absolute atomic E-state index is 12.3. The summed E-state index contributed by atoms with van der Waals surface area (Å²) in [7, 11) is 1.24. The minimum atomic E-state index is -0.606. The van der Waals surface area contributed by atoms with Gasteiger partial charge in [-0.05, 0) is 42.7 Å². The molecule has 1 aromatic carbocycles. The molecule has 6 nitrogen and oxygen atoms in total. The molecule has 0 aliphatic heterocycles. The fraction of sp³-hybridized carbons (Fsp3) is 0.300. The highest BCUT2D eigenvalue weighted by Crippen LogP contribution is 2.16. The lowest BCUT2D eigenvalue weighted by atomic mass is 10.1. The number of esters is 1. The number of ether oxygens (including phenoxy) is 1. The third kappa shape index (κ3) is 4.99. The van der Waals surface area contributed by atoms with Gasteiger partial charge in [-0.1, -0.05) is 25.8 Å². The van der Waals surface area contributed by atoms with Gasteiger partial charge in [-0.3, -0.25) is 14.6 Å². The number of anilines is 1. The first-order valence-corrected chi connectivity index (χ1v) is 8.52. The summed E-state index contributed by atoms with van der Waals surface area (Å²) < 4.78 is 4.62. The van der Waals surface area contributed by atoms with E-state index in [1.54, 1.807) is 12.3 Å². The summed E-state index contributed by atoms with van der Waals surface area (Å²) in [6.45, 7) is 2.15. The number of carbonyl (C=O) groups excluding carboxylic acids is 3. The predicted molar refractivity (Wildman–Crippen MR) is 98.6 cm³/mol. The summed E-state index contributed by atoms with van der Waals surface area (Å²) >= 11 is 0. The number of amides is 1. The fourth-order valence-corrected chi connectivity index (χ4v) is 2.51. The first kappa shape index (κ1) is 19.3. The summed E-state index contributed by atoms with van der Waals surface area (Å²) in [5.74, 6) is -0.988. The highest BCUT2D eigenvalue weighted by atomic mass is 16.5. The van der Waals surface area contributed by atoms with Crippen molar-refractivity contribution in [3.05, 3.63) is 58.9 Å². The van der Waals surface area contributed by atoms with Gasteiger partial charge in [0, 0.05) is 17.4 Å². The molecule has 136 valence electrons. The number of benzene rings is 1. The quantitative estimate of drug-likeness (QED) is 0.444. The minimum absolute atomic E-state index is 0.147. The maximum atomic E-state index is 12.3. The Morgan fingerprint density at radius 2 is 2.00 bits per heavy atom. The Hall–Kier alpha value is -3.02. The molecule has 0 spiro atoms. The van der Waals surface area contributed by atoms with E-state index in [9.17, 15) is 14.4 Å². The summed E-state index contributed by atoms with van der Waals surface area (Å²) in [5, 5.41) is 2.68. The number of unbranched alkanes of at least 4 members (excludes halogenated alkanes) is 2. The third-order valence-electron chi connectivity index (χ3n) is 3.97. The van der Waals surface area contributed by atoms with E-state index in [0.717, 1.165) is 24.8 Å². The number of hydrogen-bond acceptors (Lipinski definition) is 5. The molecule has 0 saturated heterocycles. The van der Waals surface area contributed by atoms with E-state index in [0.29, 0.717) is 12.0 Å². The van der Waals surface area contributed by atoms with Crippen molar-refractivity contribution in [1.29, 1.82) is 0 Å². The van der Waals surface area contributed by atoms with Crippen LogP contribution in [-0.2, 0) is 11.2 Å². The maximum Gasteiger partial charge on any atom is 0.338 e. The van der Waals surface area contributed by atoms with E-state index in [1.807, 2.05) is 6.07 Å². The second kappa shape index (κ2) is 9.46. The van der Waals surface area contributed by atoms with E-state index in [4.69, 9.17) is 0 Å². The molecule has 1 N–H and O–H groups in total. The average Bonchev–Trinajstić information content (AvgIpc) is 2.68. The summed E-state index contributed by atoms with van der Waals surface area (Å²) in [6.07, 6.45) is 6.63. The normalized spacial score (nSPS) is 10.2. The van der Waals surface area contributed by atoms with Crippen molar-refractivity contribution in [2.24, 2.45) is 0 Å². The molecule has 0 aliphatic rings. The molecule has 0 bridgehead atoms. The molecule has 6 heteroatoms. The lowest BCUT2D eigenvalue weighted by Gasteiger charge is -2.08. The molecule has 2 rings (SSSR count).